The van der Waals surface area contributed by atoms with E-state index in [0.29, 0.717) is 66.9 Å². The third-order valence-electron chi connectivity index (χ3n) is 15.3. The molecule has 0 amide bonds. The summed E-state index contributed by atoms with van der Waals surface area (Å²) >= 11 is 8.55. The molecular formula is C68H161ClFIN5O14P6Si3+. The average Bonchev–Trinajstić information content (AvgIpc) is 0.866. The van der Waals surface area contributed by atoms with Gasteiger partial charge < -0.3 is 67.1 Å². The molecule has 0 heterocycles. The summed E-state index contributed by atoms with van der Waals surface area (Å²) in [5.74, 6) is 0. The second-order valence-electron chi connectivity index (χ2n) is 31.3. The molecule has 0 rings (SSSR count). The van der Waals surface area contributed by atoms with Crippen molar-refractivity contribution in [2.24, 2.45) is 0 Å². The number of alkyl halides is 1. The van der Waals surface area contributed by atoms with Gasteiger partial charge in [0.1, 0.15) is 13.3 Å². The van der Waals surface area contributed by atoms with Crippen LogP contribution in [-0.2, 0) is 45.1 Å². The molecule has 99 heavy (non-hydrogen) atoms. The molecule has 604 valence electrons. The lowest BCUT2D eigenvalue weighted by atomic mass is 10.2. The van der Waals surface area contributed by atoms with Gasteiger partial charge in [-0.05, 0) is 242 Å². The van der Waals surface area contributed by atoms with E-state index in [-0.39, 0.29) is 42.3 Å². The van der Waals surface area contributed by atoms with Gasteiger partial charge in [-0.15, -0.1) is 0 Å². The minimum Gasteiger partial charge on any atom is -0.417 e. The molecule has 2 atom stereocenters. The summed E-state index contributed by atoms with van der Waals surface area (Å²) in [5.41, 5.74) is 0. The maximum absolute atomic E-state index is 11.7. The minimum atomic E-state index is -1.93. The van der Waals surface area contributed by atoms with Crippen molar-refractivity contribution in [2.45, 2.75) is 286 Å². The van der Waals surface area contributed by atoms with Crippen molar-refractivity contribution < 1.29 is 70.2 Å². The molecule has 19 nitrogen and oxygen atoms in total. The molecule has 7 N–H and O–H groups in total. The number of unbranched alkanes of at least 4 members (excludes halogenated alkanes) is 6. The van der Waals surface area contributed by atoms with Crippen molar-refractivity contribution in [1.29, 1.82) is 10.5 Å². The fourth-order valence-electron chi connectivity index (χ4n) is 6.71. The third-order valence-corrected chi connectivity index (χ3v) is 38.4. The SMILES string of the molecule is CC(C)(C)[Si](C)(C)OCCCCI.CC(C)(C)[Si](C)(C)OCCCCO.CC(C)(C)[Si](C)(C)OCCCCP(C)(C)=O.CC(C)N(C(C)C)P(Cl)OCCC#N.CC(C)N(C(C)C)P(OCCC#N)OCCCCP(C)(C)=O.CP(C)(=O)CCCCO.C[P+](C)=O.F.N.OCCCCO. The lowest BCUT2D eigenvalue weighted by Crippen LogP contribution is -2.40. The number of nitriles is 2. The summed E-state index contributed by atoms with van der Waals surface area (Å²) in [6.45, 7) is 70.1. The first-order chi connectivity index (χ1) is 44.0. The Kier molecular flexibility index (Phi) is 84.7. The maximum atomic E-state index is 11.7. The van der Waals surface area contributed by atoms with E-state index < -0.39 is 70.4 Å². The molecular weight excluding hydrogens is 1560 g/mol. The fraction of sp³-hybridized carbons (Fsp3) is 0.971. The molecule has 0 aliphatic carbocycles. The van der Waals surface area contributed by atoms with Gasteiger partial charge in [0.25, 0.3) is 8.53 Å². The van der Waals surface area contributed by atoms with Gasteiger partial charge in [-0.2, -0.15) is 10.5 Å². The minimum absolute atomic E-state index is 0. The van der Waals surface area contributed by atoms with E-state index in [4.69, 9.17) is 69.0 Å². The van der Waals surface area contributed by atoms with E-state index in [1.807, 2.05) is 32.7 Å². The van der Waals surface area contributed by atoms with Crippen LogP contribution in [0.4, 0.5) is 4.70 Å². The van der Waals surface area contributed by atoms with Crippen LogP contribution in [0.5, 0.6) is 0 Å². The highest BCUT2D eigenvalue weighted by Gasteiger charge is 2.39. The van der Waals surface area contributed by atoms with Gasteiger partial charge in [0.15, 0.2) is 25.0 Å². The van der Waals surface area contributed by atoms with Crippen LogP contribution >= 0.6 is 79.2 Å². The smallest absolute Gasteiger partial charge is 0.332 e. The predicted molar refractivity (Wildman–Crippen MR) is 454 cm³/mol. The normalized spacial score (nSPS) is 12.7. The van der Waals surface area contributed by atoms with Crippen molar-refractivity contribution >= 4 is 104 Å². The van der Waals surface area contributed by atoms with Gasteiger partial charge in [-0.1, -0.05) is 89.5 Å². The summed E-state index contributed by atoms with van der Waals surface area (Å²) in [5, 5.41) is 51.1. The van der Waals surface area contributed by atoms with E-state index in [9.17, 15) is 18.3 Å². The molecule has 0 aliphatic rings. The number of rotatable bonds is 41. The lowest BCUT2D eigenvalue weighted by molar-refractivity contribution is 0.175. The predicted octanol–water partition coefficient (Wildman–Crippen LogP) is 22.1. The van der Waals surface area contributed by atoms with Gasteiger partial charge in [0.05, 0.1) is 66.2 Å². The Hall–Kier alpha value is 1.71. The highest BCUT2D eigenvalue weighted by Crippen LogP contribution is 2.50. The quantitative estimate of drug-likeness (QED) is 0.0125. The van der Waals surface area contributed by atoms with E-state index >= 15 is 0 Å². The van der Waals surface area contributed by atoms with Crippen LogP contribution in [0.15, 0.2) is 0 Å². The van der Waals surface area contributed by atoms with Crippen LogP contribution in [0.25, 0.3) is 0 Å². The van der Waals surface area contributed by atoms with Crippen LogP contribution in [0.2, 0.25) is 54.4 Å². The van der Waals surface area contributed by atoms with E-state index in [1.54, 1.807) is 26.7 Å². The number of hydrogen-bond donors (Lipinski definition) is 5. The number of aliphatic hydroxyl groups excluding tert-OH is 4. The Labute approximate surface area is 636 Å². The molecule has 2 unspecified atom stereocenters. The molecule has 0 fully saturated rings. The Morgan fingerprint density at radius 2 is 0.697 bits per heavy atom. The first-order valence-electron chi connectivity index (χ1n) is 35.3. The van der Waals surface area contributed by atoms with Gasteiger partial charge in [-0.25, -0.2) is 9.34 Å². The highest BCUT2D eigenvalue weighted by molar-refractivity contribution is 14.1. The van der Waals surface area contributed by atoms with Crippen LogP contribution in [0, 0.1) is 22.7 Å². The zero-order valence-electron chi connectivity index (χ0n) is 69.3. The molecule has 0 aromatic carbocycles. The summed E-state index contributed by atoms with van der Waals surface area (Å²) in [6.07, 6.45) is 14.5. The van der Waals surface area contributed by atoms with Crippen molar-refractivity contribution in [3.8, 4) is 12.1 Å². The first kappa shape index (κ1) is 122. The van der Waals surface area contributed by atoms with Crippen molar-refractivity contribution in [1.82, 2.24) is 15.5 Å². The van der Waals surface area contributed by atoms with Crippen LogP contribution in [-0.4, -0.2) is 221 Å². The monoisotopic (exact) mass is 1720 g/mol. The summed E-state index contributed by atoms with van der Waals surface area (Å²) in [7, 11) is -13.2. The van der Waals surface area contributed by atoms with Gasteiger partial charge in [0.2, 0.25) is 7.65 Å². The molecule has 0 saturated heterocycles. The second-order valence-corrected chi connectivity index (χ2v) is 62.7. The summed E-state index contributed by atoms with van der Waals surface area (Å²) in [4.78, 5) is 0. The fourth-order valence-corrected chi connectivity index (χ4v) is 17.4. The van der Waals surface area contributed by atoms with Crippen LogP contribution in [0.1, 0.15) is 208 Å². The Morgan fingerprint density at radius 1 is 0.465 bits per heavy atom. The molecule has 0 aromatic heterocycles. The number of nitrogens with zero attached hydrogens (tertiary/aromatic N) is 4. The highest BCUT2D eigenvalue weighted by atomic mass is 127. The summed E-state index contributed by atoms with van der Waals surface area (Å²) in [6, 6.07) is 5.48. The Bertz CT molecular complexity index is 2020. The zero-order valence-corrected chi connectivity index (χ0v) is 80.6. The zero-order chi connectivity index (χ0) is 78.2. The standard InChI is InChI=1S/C15H32N2O3P2.C12H29O2PSi.C10H23IOSi.C10H24O2Si.C9H18ClN2OP.C6H15O2P.C4H10O2.C2H6OP.FH.H3N/c1-14(2)17(15(3)4)21(20-12-9-10-16)19-11-7-8-13-22(5,6)18;1-12(2,3)16(6,7)14-10-8-9-11-15(4,5)13;2*1-10(2,3)13(4,5)12-9-7-6-8-11;1-8(2)12(9(3)4)14(10)13-7-5-6-11;1-9(2,8)6-4-3-5-7;5-3-1-2-4-6;1-4(2)3;;/h14-15H,7-9,11-13H2,1-6H3;8-11H2,1-7H3;6-9H2,1-5H3;11H,6-9H2,1-5H3;8-9H,5,7H2,1-4H3;7H,3-6H2,1-2H3;5-6H,1-4H2;1-2H3;1H;1H3/q;;;;;;;+1;;. The van der Waals surface area contributed by atoms with Gasteiger partial charge >= 0.3 is 7.80 Å². The van der Waals surface area contributed by atoms with Crippen molar-refractivity contribution in [3.63, 3.8) is 0 Å². The van der Waals surface area contributed by atoms with E-state index in [2.05, 4.69) is 195 Å². The molecule has 0 radical (unpaired) electrons. The van der Waals surface area contributed by atoms with Crippen LogP contribution < -0.4 is 6.15 Å². The first-order valence-corrected chi connectivity index (χ1v) is 59.3. The Morgan fingerprint density at radius 3 is 0.949 bits per heavy atom. The second kappa shape index (κ2) is 68.9. The molecule has 0 saturated carbocycles. The van der Waals surface area contributed by atoms with Crippen LogP contribution in [0.3, 0.4) is 0 Å². The topological polar surface area (TPSA) is 294 Å². The van der Waals surface area contributed by atoms with E-state index in [1.165, 1.54) is 17.3 Å². The average molecular weight is 1720 g/mol. The molecule has 0 bridgehead atoms. The molecule has 31 heteroatoms. The van der Waals surface area contributed by atoms with Crippen molar-refractivity contribution in [2.75, 3.05) is 142 Å². The Balaban J connectivity index is -0.000000118. The maximum Gasteiger partial charge on any atom is 0.332 e. The van der Waals surface area contributed by atoms with E-state index in [0.717, 1.165) is 103 Å². The summed E-state index contributed by atoms with van der Waals surface area (Å²) < 4.78 is 84.5. The lowest BCUT2D eigenvalue weighted by Gasteiger charge is -2.36. The third kappa shape index (κ3) is 86.8. The number of aliphatic hydroxyl groups is 4. The number of hydrogen-bond acceptors (Lipinski definition) is 19. The van der Waals surface area contributed by atoms with Crippen molar-refractivity contribution in [3.05, 3.63) is 0 Å². The van der Waals surface area contributed by atoms with Gasteiger partial charge in [-0.3, -0.25) is 4.70 Å². The number of halogens is 3. The molecule has 0 spiro atoms. The molecule has 0 aromatic rings. The van der Waals surface area contributed by atoms with Gasteiger partial charge in [0, 0.05) is 88.9 Å². The molecule has 0 aliphatic heterocycles. The largest absolute Gasteiger partial charge is 0.417 e.